The molecule has 0 aromatic heterocycles. The van der Waals surface area contributed by atoms with Crippen molar-refractivity contribution < 1.29 is 29.1 Å². The van der Waals surface area contributed by atoms with Crippen molar-refractivity contribution in [3.63, 3.8) is 0 Å². The Bertz CT molecular complexity index is 243. The van der Waals surface area contributed by atoms with Crippen LogP contribution in [-0.4, -0.2) is 17.7 Å². The zero-order valence-electron chi connectivity index (χ0n) is 10.9. The van der Waals surface area contributed by atoms with Crippen molar-refractivity contribution in [1.29, 1.82) is 0 Å². The number of rotatable bonds is 7. The van der Waals surface area contributed by atoms with Crippen molar-refractivity contribution in [2.24, 2.45) is 5.92 Å². The van der Waals surface area contributed by atoms with Gasteiger partial charge in [-0.1, -0.05) is 13.8 Å². The summed E-state index contributed by atoms with van der Waals surface area (Å²) in [4.78, 5) is 39.8. The highest BCUT2D eigenvalue weighted by Gasteiger charge is 2.32. The van der Waals surface area contributed by atoms with Gasteiger partial charge in [0.2, 0.25) is 0 Å². The third kappa shape index (κ3) is 8.65. The van der Waals surface area contributed by atoms with Crippen LogP contribution in [0.4, 0.5) is 0 Å². The number of hydrogen-bond donors (Lipinski definition) is 0. The lowest BCUT2D eigenvalue weighted by Crippen LogP contribution is -2.34. The Hall–Kier alpha value is -1.14. The van der Waals surface area contributed by atoms with Crippen LogP contribution in [0.25, 0.3) is 0 Å². The summed E-state index contributed by atoms with van der Waals surface area (Å²) in [5, 5.41) is 0. The van der Waals surface area contributed by atoms with Crippen molar-refractivity contribution >= 4 is 11.9 Å². The molecule has 0 atom stereocenters. The lowest BCUT2D eigenvalue weighted by Gasteiger charge is -2.25. The third-order valence-corrected chi connectivity index (χ3v) is 1.85. The van der Waals surface area contributed by atoms with E-state index in [1.165, 1.54) is 20.8 Å². The molecule has 17 heavy (non-hydrogen) atoms. The summed E-state index contributed by atoms with van der Waals surface area (Å²) in [6, 6.07) is 0. The van der Waals surface area contributed by atoms with Crippen LogP contribution in [0.5, 0.6) is 0 Å². The Kier molecular flexibility index (Phi) is 6.75. The van der Waals surface area contributed by atoms with Gasteiger partial charge >= 0.3 is 11.9 Å². The molecule has 6 heteroatoms. The molecule has 0 unspecified atom stereocenters. The minimum atomic E-state index is -1.29. The number of hydrogen-bond acceptors (Lipinski definition) is 6. The highest BCUT2D eigenvalue weighted by molar-refractivity contribution is 5.65. The fourth-order valence-corrected chi connectivity index (χ4v) is 0.942. The fraction of sp³-hybridized carbons (Fsp3) is 0.818. The second-order valence-corrected chi connectivity index (χ2v) is 4.38. The van der Waals surface area contributed by atoms with Crippen molar-refractivity contribution in [2.45, 2.75) is 53.2 Å². The summed E-state index contributed by atoms with van der Waals surface area (Å²) in [5.41, 5.74) is 0. The first-order chi connectivity index (χ1) is 7.75. The largest absolute Gasteiger partial charge is 0.339 e. The first-order valence-corrected chi connectivity index (χ1v) is 5.47. The van der Waals surface area contributed by atoms with Gasteiger partial charge in [-0.2, -0.15) is 0 Å². The Morgan fingerprint density at radius 3 is 1.76 bits per heavy atom. The molecule has 100 valence electrons. The SMILES string of the molecule is CC(=O)OOC(C)(CCC(C)C)OOC(C)=O. The van der Waals surface area contributed by atoms with Crippen molar-refractivity contribution in [3.05, 3.63) is 0 Å². The monoisotopic (exact) mass is 248 g/mol. The second-order valence-electron chi connectivity index (χ2n) is 4.38. The highest BCUT2D eigenvalue weighted by atomic mass is 17.3. The van der Waals surface area contributed by atoms with Crippen LogP contribution >= 0.6 is 0 Å². The molecule has 0 saturated heterocycles. The quantitative estimate of drug-likeness (QED) is 0.390. The van der Waals surface area contributed by atoms with Gasteiger partial charge in [-0.15, -0.1) is 9.78 Å². The lowest BCUT2D eigenvalue weighted by atomic mass is 10.0. The van der Waals surface area contributed by atoms with Gasteiger partial charge in [0.25, 0.3) is 5.79 Å². The summed E-state index contributed by atoms with van der Waals surface area (Å²) in [7, 11) is 0. The predicted molar refractivity (Wildman–Crippen MR) is 58.2 cm³/mol. The second kappa shape index (κ2) is 7.24. The van der Waals surface area contributed by atoms with Crippen LogP contribution < -0.4 is 0 Å². The van der Waals surface area contributed by atoms with Crippen molar-refractivity contribution in [2.75, 3.05) is 0 Å². The molecule has 0 aliphatic carbocycles. The van der Waals surface area contributed by atoms with Gasteiger partial charge < -0.3 is 0 Å². The van der Waals surface area contributed by atoms with Crippen LogP contribution in [0.15, 0.2) is 0 Å². The van der Waals surface area contributed by atoms with E-state index in [0.717, 1.165) is 6.42 Å². The molecule has 0 aliphatic heterocycles. The van der Waals surface area contributed by atoms with E-state index in [9.17, 15) is 9.59 Å². The standard InChI is InChI=1S/C11H20O6/c1-8(2)6-7-11(5,16-14-9(3)12)17-15-10(4)13/h8H,6-7H2,1-5H3. The van der Waals surface area contributed by atoms with Gasteiger partial charge in [0.05, 0.1) is 0 Å². The average Bonchev–Trinajstić information content (AvgIpc) is 2.21. The zero-order valence-corrected chi connectivity index (χ0v) is 10.9. The first-order valence-electron chi connectivity index (χ1n) is 5.47. The van der Waals surface area contributed by atoms with Gasteiger partial charge in [0.15, 0.2) is 0 Å². The molecule has 0 fully saturated rings. The summed E-state index contributed by atoms with van der Waals surface area (Å²) in [6.07, 6.45) is 1.18. The molecule has 0 rings (SSSR count). The molecular formula is C11H20O6. The molecule has 0 bridgehead atoms. The molecular weight excluding hydrogens is 228 g/mol. The maximum atomic E-state index is 10.7. The molecule has 0 saturated carbocycles. The van der Waals surface area contributed by atoms with Crippen LogP contribution in [0, 0.1) is 5.92 Å². The van der Waals surface area contributed by atoms with Crippen LogP contribution in [0.2, 0.25) is 0 Å². The summed E-state index contributed by atoms with van der Waals surface area (Å²) in [5.74, 6) is -2.09. The Balaban J connectivity index is 4.33. The molecule has 0 aromatic carbocycles. The topological polar surface area (TPSA) is 71.1 Å². The van der Waals surface area contributed by atoms with Gasteiger partial charge in [-0.25, -0.2) is 9.59 Å². The average molecular weight is 248 g/mol. The van der Waals surface area contributed by atoms with E-state index in [0.29, 0.717) is 12.3 Å². The number of carbonyl (C=O) groups is 2. The van der Waals surface area contributed by atoms with E-state index in [-0.39, 0.29) is 0 Å². The summed E-state index contributed by atoms with van der Waals surface area (Å²) < 4.78 is 0. The van der Waals surface area contributed by atoms with Crippen LogP contribution in [0.3, 0.4) is 0 Å². The zero-order chi connectivity index (χ0) is 13.5. The maximum Gasteiger partial charge on any atom is 0.339 e. The fourth-order valence-electron chi connectivity index (χ4n) is 0.942. The molecule has 0 spiro atoms. The number of carbonyl (C=O) groups excluding carboxylic acids is 2. The Labute approximate surface area is 101 Å². The van der Waals surface area contributed by atoms with E-state index in [2.05, 4.69) is 9.78 Å². The molecule has 0 amide bonds. The highest BCUT2D eigenvalue weighted by Crippen LogP contribution is 2.23. The van der Waals surface area contributed by atoms with E-state index >= 15 is 0 Å². The minimum absolute atomic E-state index is 0.413. The van der Waals surface area contributed by atoms with Gasteiger partial charge in [0.1, 0.15) is 0 Å². The van der Waals surface area contributed by atoms with Gasteiger partial charge in [0, 0.05) is 20.3 Å². The smallest absolute Gasteiger partial charge is 0.296 e. The Morgan fingerprint density at radius 1 is 1.06 bits per heavy atom. The minimum Gasteiger partial charge on any atom is -0.296 e. The first kappa shape index (κ1) is 15.9. The van der Waals surface area contributed by atoms with E-state index in [1.807, 2.05) is 13.8 Å². The predicted octanol–water partition coefficient (Wildman–Crippen LogP) is 2.13. The Morgan fingerprint density at radius 2 is 1.47 bits per heavy atom. The van der Waals surface area contributed by atoms with E-state index in [1.54, 1.807) is 0 Å². The van der Waals surface area contributed by atoms with Crippen LogP contribution in [-0.2, 0) is 29.1 Å². The maximum absolute atomic E-state index is 10.7. The molecule has 6 nitrogen and oxygen atoms in total. The van der Waals surface area contributed by atoms with Crippen molar-refractivity contribution in [3.8, 4) is 0 Å². The van der Waals surface area contributed by atoms with Crippen molar-refractivity contribution in [1.82, 2.24) is 0 Å². The molecule has 0 N–H and O–H groups in total. The molecule has 0 radical (unpaired) electrons. The normalized spacial score (nSPS) is 11.4. The van der Waals surface area contributed by atoms with E-state index < -0.39 is 17.7 Å². The lowest BCUT2D eigenvalue weighted by molar-refractivity contribution is -0.477. The molecule has 0 aliphatic rings. The van der Waals surface area contributed by atoms with E-state index in [4.69, 9.17) is 9.78 Å². The summed E-state index contributed by atoms with van der Waals surface area (Å²) in [6.45, 7) is 7.99. The molecule has 0 aromatic rings. The van der Waals surface area contributed by atoms with Gasteiger partial charge in [-0.3, -0.25) is 9.78 Å². The third-order valence-electron chi connectivity index (χ3n) is 1.85. The van der Waals surface area contributed by atoms with Gasteiger partial charge in [-0.05, 0) is 19.3 Å². The molecule has 0 heterocycles. The summed E-state index contributed by atoms with van der Waals surface area (Å²) >= 11 is 0. The van der Waals surface area contributed by atoms with Crippen LogP contribution in [0.1, 0.15) is 47.5 Å².